The first kappa shape index (κ1) is 37.1. The van der Waals surface area contributed by atoms with E-state index in [9.17, 15) is 16.8 Å². The van der Waals surface area contributed by atoms with Crippen LogP contribution in [0.25, 0.3) is 0 Å². The summed E-state index contributed by atoms with van der Waals surface area (Å²) in [6.45, 7) is 4.04. The van der Waals surface area contributed by atoms with Crippen molar-refractivity contribution in [3.05, 3.63) is 85.1 Å². The molecule has 2 aromatic carbocycles. The molecule has 0 radical (unpaired) electrons. The van der Waals surface area contributed by atoms with Crippen molar-refractivity contribution in [3.8, 4) is 0 Å². The van der Waals surface area contributed by atoms with Crippen molar-refractivity contribution in [1.29, 1.82) is 0 Å². The van der Waals surface area contributed by atoms with Gasteiger partial charge in [-0.3, -0.25) is 8.37 Å². The van der Waals surface area contributed by atoms with E-state index in [-0.39, 0.29) is 23.0 Å². The lowest BCUT2D eigenvalue weighted by atomic mass is 10.2. The number of benzene rings is 2. The van der Waals surface area contributed by atoms with Gasteiger partial charge >= 0.3 is 0 Å². The van der Waals surface area contributed by atoms with Crippen LogP contribution in [-0.4, -0.2) is 54.1 Å². The van der Waals surface area contributed by atoms with Crippen LogP contribution >= 0.6 is 94.1 Å². The predicted molar refractivity (Wildman–Crippen MR) is 201 cm³/mol. The van der Waals surface area contributed by atoms with Gasteiger partial charge in [0.25, 0.3) is 20.2 Å². The molecule has 0 N–H and O–H groups in total. The first-order valence-electron chi connectivity index (χ1n) is 13.2. The van der Waals surface area contributed by atoms with Gasteiger partial charge in [0.1, 0.15) is 0 Å². The van der Waals surface area contributed by atoms with Crippen molar-refractivity contribution >= 4 is 114 Å². The lowest BCUT2D eigenvalue weighted by Crippen LogP contribution is -2.08. The van der Waals surface area contributed by atoms with Crippen LogP contribution in [-0.2, 0) is 28.6 Å². The maximum absolute atomic E-state index is 12.5. The number of rotatable bonds is 16. The molecule has 0 saturated carbocycles. The molecule has 0 atom stereocenters. The molecule has 2 aliphatic heterocycles. The van der Waals surface area contributed by atoms with Crippen molar-refractivity contribution in [2.24, 2.45) is 0 Å². The highest BCUT2D eigenvalue weighted by atomic mass is 32.3. The van der Waals surface area contributed by atoms with Crippen molar-refractivity contribution in [1.82, 2.24) is 0 Å². The third-order valence-electron chi connectivity index (χ3n) is 5.75. The largest absolute Gasteiger partial charge is 0.296 e. The van der Waals surface area contributed by atoms with Crippen LogP contribution in [0.2, 0.25) is 0 Å². The maximum atomic E-state index is 12.5. The minimum absolute atomic E-state index is 0.112. The number of thioether (sulfide) groups is 8. The highest BCUT2D eigenvalue weighted by molar-refractivity contribution is 8.45. The van der Waals surface area contributed by atoms with Crippen LogP contribution in [0.15, 0.2) is 83.7 Å². The average Bonchev–Trinajstić information content (AvgIpc) is 3.61. The van der Waals surface area contributed by atoms with Gasteiger partial charge < -0.3 is 0 Å². The topological polar surface area (TPSA) is 86.7 Å². The molecule has 44 heavy (non-hydrogen) atoms. The van der Waals surface area contributed by atoms with Crippen LogP contribution in [0.1, 0.15) is 24.0 Å². The summed E-state index contributed by atoms with van der Waals surface area (Å²) >= 11 is 14.1. The Morgan fingerprint density at radius 3 is 1.25 bits per heavy atom. The highest BCUT2D eigenvalue weighted by Crippen LogP contribution is 2.65. The zero-order valence-corrected chi connectivity index (χ0v) is 32.6. The van der Waals surface area contributed by atoms with Crippen molar-refractivity contribution in [2.75, 3.05) is 37.2 Å². The van der Waals surface area contributed by atoms with Crippen LogP contribution in [0.4, 0.5) is 0 Å². The van der Waals surface area contributed by atoms with Gasteiger partial charge in [-0.15, -0.1) is 47.0 Å². The maximum Gasteiger partial charge on any atom is 0.296 e. The standard InChI is InChI=1S/C28H32O6S10/c1-19-7-11-21(12-8-19)43(29,30)33-15-5-17-37-25-26(42-28(41-25)27-39-23(35-3)24(36-4)40-27)38-18-6-16-34-44(31,32)22-13-9-20(2)10-14-22/h7-14H,5-6,15-18H2,1-4H3. The molecule has 16 heteroatoms. The summed E-state index contributed by atoms with van der Waals surface area (Å²) in [5.41, 5.74) is 1.98. The zero-order valence-electron chi connectivity index (χ0n) is 24.4. The van der Waals surface area contributed by atoms with E-state index in [1.54, 1.807) is 119 Å². The van der Waals surface area contributed by atoms with Gasteiger partial charge in [-0.05, 0) is 63.5 Å². The molecular formula is C28H32O6S10. The second-order valence-corrected chi connectivity index (χ2v) is 21.8. The summed E-state index contributed by atoms with van der Waals surface area (Å²) in [4.78, 5) is 0.336. The monoisotopic (exact) mass is 784 g/mol. The fourth-order valence-corrected chi connectivity index (χ4v) is 16.5. The second kappa shape index (κ2) is 17.6. The van der Waals surface area contributed by atoms with E-state index in [1.165, 1.54) is 25.4 Å². The Morgan fingerprint density at radius 1 is 0.568 bits per heavy atom. The van der Waals surface area contributed by atoms with Crippen LogP contribution < -0.4 is 0 Å². The Hall–Kier alpha value is 0.280. The molecule has 4 rings (SSSR count). The first-order chi connectivity index (χ1) is 21.0. The molecule has 0 fully saturated rings. The van der Waals surface area contributed by atoms with E-state index in [0.29, 0.717) is 24.3 Å². The number of aryl methyl sites for hydroxylation is 2. The third kappa shape index (κ3) is 10.6. The molecule has 2 aromatic rings. The normalized spacial score (nSPS) is 16.1. The van der Waals surface area contributed by atoms with E-state index >= 15 is 0 Å². The SMILES string of the molecule is CSC1=C(SC)SC(=C2SC(SCCCOS(=O)(=O)c3ccc(C)cc3)=C(SCCCOS(=O)(=O)c3ccc(C)cc3)S2)S1. The van der Waals surface area contributed by atoms with Gasteiger partial charge in [-0.25, -0.2) is 0 Å². The molecule has 0 amide bonds. The van der Waals surface area contributed by atoms with E-state index in [0.717, 1.165) is 11.1 Å². The summed E-state index contributed by atoms with van der Waals surface area (Å²) in [5, 5.41) is 0. The van der Waals surface area contributed by atoms with Gasteiger partial charge in [-0.2, -0.15) is 16.8 Å². The van der Waals surface area contributed by atoms with Gasteiger partial charge in [-0.1, -0.05) is 82.4 Å². The Balaban J connectivity index is 1.32. The molecule has 0 spiro atoms. The van der Waals surface area contributed by atoms with Gasteiger partial charge in [0.15, 0.2) is 0 Å². The first-order valence-corrected chi connectivity index (χ1v) is 23.7. The Morgan fingerprint density at radius 2 is 0.909 bits per heavy atom. The number of hydrogen-bond acceptors (Lipinski definition) is 14. The Labute approximate surface area is 295 Å². The van der Waals surface area contributed by atoms with E-state index in [2.05, 4.69) is 12.5 Å². The minimum atomic E-state index is -3.78. The molecule has 2 heterocycles. The van der Waals surface area contributed by atoms with Crippen LogP contribution in [0, 0.1) is 13.8 Å². The molecule has 6 nitrogen and oxygen atoms in total. The van der Waals surface area contributed by atoms with Crippen molar-refractivity contribution in [2.45, 2.75) is 36.5 Å². The number of hydrogen-bond donors (Lipinski definition) is 0. The second-order valence-electron chi connectivity index (χ2n) is 9.12. The smallest absolute Gasteiger partial charge is 0.266 e. The van der Waals surface area contributed by atoms with Crippen LogP contribution in [0.5, 0.6) is 0 Å². The van der Waals surface area contributed by atoms with Crippen molar-refractivity contribution < 1.29 is 25.2 Å². The van der Waals surface area contributed by atoms with Gasteiger partial charge in [0.05, 0.1) is 48.4 Å². The molecule has 2 aliphatic rings. The zero-order chi connectivity index (χ0) is 31.7. The Kier molecular flexibility index (Phi) is 14.9. The molecule has 0 saturated heterocycles. The van der Waals surface area contributed by atoms with E-state index < -0.39 is 20.2 Å². The predicted octanol–water partition coefficient (Wildman–Crippen LogP) is 9.73. The summed E-state index contributed by atoms with van der Waals surface area (Å²) < 4.78 is 68.2. The van der Waals surface area contributed by atoms with Gasteiger partial charge in [0, 0.05) is 11.5 Å². The molecule has 0 aromatic heterocycles. The summed E-state index contributed by atoms with van der Waals surface area (Å²) in [6.07, 6.45) is 5.37. The van der Waals surface area contributed by atoms with E-state index in [4.69, 9.17) is 8.37 Å². The fourth-order valence-electron chi connectivity index (χ4n) is 3.47. The van der Waals surface area contributed by atoms with Crippen molar-refractivity contribution in [3.63, 3.8) is 0 Å². The van der Waals surface area contributed by atoms with Gasteiger partial charge in [0.2, 0.25) is 0 Å². The van der Waals surface area contributed by atoms with Crippen LogP contribution in [0.3, 0.4) is 0 Å². The summed E-state index contributed by atoms with van der Waals surface area (Å²) in [5.74, 6) is 1.42. The lowest BCUT2D eigenvalue weighted by Gasteiger charge is -2.08. The molecule has 240 valence electrons. The minimum Gasteiger partial charge on any atom is -0.266 e. The quantitative estimate of drug-likeness (QED) is 0.120. The highest BCUT2D eigenvalue weighted by Gasteiger charge is 2.30. The van der Waals surface area contributed by atoms with E-state index in [1.807, 2.05) is 37.4 Å². The molecule has 0 aliphatic carbocycles. The summed E-state index contributed by atoms with van der Waals surface area (Å²) in [6, 6.07) is 13.3. The average molecular weight is 785 g/mol. The molecule has 0 unspecified atom stereocenters. The third-order valence-corrected chi connectivity index (χ3v) is 19.8. The lowest BCUT2D eigenvalue weighted by molar-refractivity contribution is 0.318. The molecule has 0 bridgehead atoms. The molecular weight excluding hydrogens is 753 g/mol. The Bertz CT molecular complexity index is 1500. The summed E-state index contributed by atoms with van der Waals surface area (Å²) in [7, 11) is -7.56. The fraction of sp³-hybridized carbons (Fsp3) is 0.357.